The highest BCUT2D eigenvalue weighted by Gasteiger charge is 2.16. The quantitative estimate of drug-likeness (QED) is 0.610. The Balaban J connectivity index is 1.83. The molecule has 0 radical (unpaired) electrons. The van der Waals surface area contributed by atoms with Gasteiger partial charge in [-0.15, -0.1) is 0 Å². The van der Waals surface area contributed by atoms with Crippen molar-refractivity contribution in [2.75, 3.05) is 19.7 Å². The highest BCUT2D eigenvalue weighted by molar-refractivity contribution is 5.92. The van der Waals surface area contributed by atoms with E-state index in [-0.39, 0.29) is 6.61 Å². The van der Waals surface area contributed by atoms with E-state index in [9.17, 15) is 4.79 Å². The van der Waals surface area contributed by atoms with Crippen LogP contribution in [0.3, 0.4) is 0 Å². The van der Waals surface area contributed by atoms with Crippen LogP contribution in [-0.4, -0.2) is 31.9 Å². The fourth-order valence-corrected chi connectivity index (χ4v) is 2.92. The molecule has 1 aliphatic heterocycles. The van der Waals surface area contributed by atoms with Gasteiger partial charge in [0.25, 0.3) is 0 Å². The Kier molecular flexibility index (Phi) is 7.44. The molecule has 0 bridgehead atoms. The number of hydrogen-bond donors (Lipinski definition) is 1. The molecule has 0 amide bonds. The molecular formula is C19H26N3O2+. The Bertz CT molecular complexity index is 584. The molecule has 128 valence electrons. The van der Waals surface area contributed by atoms with E-state index < -0.39 is 11.9 Å². The minimum Gasteiger partial charge on any atom is -0.465 e. The second-order valence-corrected chi connectivity index (χ2v) is 6.15. The fraction of sp³-hybridized carbons (Fsp3) is 0.526. The molecule has 1 atom stereocenters. The third kappa shape index (κ3) is 5.78. The van der Waals surface area contributed by atoms with Crippen LogP contribution in [0.15, 0.2) is 29.3 Å². The van der Waals surface area contributed by atoms with Gasteiger partial charge in [-0.2, -0.15) is 5.26 Å². The van der Waals surface area contributed by atoms with E-state index in [1.165, 1.54) is 44.1 Å². The first-order valence-electron chi connectivity index (χ1n) is 8.70. The van der Waals surface area contributed by atoms with Crippen LogP contribution in [0, 0.1) is 17.2 Å². The van der Waals surface area contributed by atoms with Gasteiger partial charge in [0.15, 0.2) is 5.92 Å². The number of benzene rings is 1. The highest BCUT2D eigenvalue weighted by atomic mass is 16.5. The van der Waals surface area contributed by atoms with Crippen LogP contribution in [0.4, 0.5) is 0 Å². The first kappa shape index (κ1) is 18.2. The number of carbonyl (C=O) groups excluding carboxylic acids is 1. The zero-order valence-electron chi connectivity index (χ0n) is 14.3. The fourth-order valence-electron chi connectivity index (χ4n) is 2.92. The summed E-state index contributed by atoms with van der Waals surface area (Å²) < 4.78 is 4.83. The molecule has 1 aliphatic rings. The summed E-state index contributed by atoms with van der Waals surface area (Å²) in [6.45, 7) is 6.09. The van der Waals surface area contributed by atoms with E-state index in [4.69, 9.17) is 10.00 Å². The van der Waals surface area contributed by atoms with Crippen molar-refractivity contribution in [3.05, 3.63) is 35.4 Å². The van der Waals surface area contributed by atoms with Gasteiger partial charge >= 0.3 is 5.97 Å². The number of carbonyl (C=O) groups is 1. The molecule has 5 nitrogen and oxygen atoms in total. The van der Waals surface area contributed by atoms with E-state index >= 15 is 0 Å². The van der Waals surface area contributed by atoms with Crippen molar-refractivity contribution in [3.63, 3.8) is 0 Å². The van der Waals surface area contributed by atoms with E-state index in [2.05, 4.69) is 29.3 Å². The van der Waals surface area contributed by atoms with Crippen LogP contribution in [0.2, 0.25) is 0 Å². The maximum absolute atomic E-state index is 11.5. The molecule has 1 aromatic rings. The minimum atomic E-state index is -0.924. The Labute approximate surface area is 143 Å². The van der Waals surface area contributed by atoms with Crippen LogP contribution in [0.25, 0.3) is 0 Å². The number of piperidine rings is 1. The van der Waals surface area contributed by atoms with Gasteiger partial charge in [0, 0.05) is 11.8 Å². The summed E-state index contributed by atoms with van der Waals surface area (Å²) in [6, 6.07) is 10.3. The number of nitriles is 1. The number of rotatable bonds is 7. The number of hydrogen-bond acceptors (Lipinski definition) is 4. The van der Waals surface area contributed by atoms with Crippen molar-refractivity contribution in [2.24, 2.45) is 10.9 Å². The molecule has 0 saturated carbocycles. The van der Waals surface area contributed by atoms with Gasteiger partial charge in [-0.3, -0.25) is 9.79 Å². The molecule has 0 unspecified atom stereocenters. The van der Waals surface area contributed by atoms with E-state index in [0.717, 1.165) is 12.1 Å². The maximum atomic E-state index is 11.5. The lowest BCUT2D eigenvalue weighted by atomic mass is 10.1. The summed E-state index contributed by atoms with van der Waals surface area (Å²) in [4.78, 5) is 17.4. The average molecular weight is 328 g/mol. The van der Waals surface area contributed by atoms with Crippen LogP contribution < -0.4 is 4.90 Å². The molecule has 0 aromatic heterocycles. The summed E-state index contributed by atoms with van der Waals surface area (Å²) in [7, 11) is 0. The molecule has 1 saturated heterocycles. The van der Waals surface area contributed by atoms with E-state index in [1.807, 2.05) is 6.07 Å². The molecular weight excluding hydrogens is 302 g/mol. The molecule has 1 heterocycles. The van der Waals surface area contributed by atoms with Crippen molar-refractivity contribution in [3.8, 4) is 6.07 Å². The smallest absolute Gasteiger partial charge is 0.328 e. The third-order valence-electron chi connectivity index (χ3n) is 4.25. The predicted octanol–water partition coefficient (Wildman–Crippen LogP) is 1.53. The van der Waals surface area contributed by atoms with E-state index in [1.54, 1.807) is 11.8 Å². The first-order chi connectivity index (χ1) is 11.7. The summed E-state index contributed by atoms with van der Waals surface area (Å²) in [5, 5.41) is 8.97. The van der Waals surface area contributed by atoms with Crippen LogP contribution in [-0.2, 0) is 22.6 Å². The highest BCUT2D eigenvalue weighted by Crippen LogP contribution is 2.06. The standard InChI is InChI=1S/C19H25N3O2/c1-2-24-19(23)18(12-20)14-21-13-16-6-8-17(9-7-16)15-22-10-4-3-5-11-22/h6-9,14,18H,2-5,10-11,13,15H2,1H3/p+1/t18-/m1/s1. The normalized spacial score (nSPS) is 16.7. The Morgan fingerprint density at radius 1 is 1.29 bits per heavy atom. The molecule has 0 spiro atoms. The third-order valence-corrected chi connectivity index (χ3v) is 4.25. The van der Waals surface area contributed by atoms with Crippen molar-refractivity contribution in [2.45, 2.75) is 39.3 Å². The second kappa shape index (κ2) is 9.84. The maximum Gasteiger partial charge on any atom is 0.328 e. The molecule has 1 fully saturated rings. The second-order valence-electron chi connectivity index (χ2n) is 6.15. The van der Waals surface area contributed by atoms with Gasteiger partial charge in [-0.25, -0.2) is 0 Å². The lowest BCUT2D eigenvalue weighted by molar-refractivity contribution is -0.918. The monoisotopic (exact) mass is 328 g/mol. The lowest BCUT2D eigenvalue weighted by Gasteiger charge is -2.23. The molecule has 0 aliphatic carbocycles. The summed E-state index contributed by atoms with van der Waals surface area (Å²) in [6.07, 6.45) is 5.42. The summed E-state index contributed by atoms with van der Waals surface area (Å²) in [5.41, 5.74) is 2.42. The largest absolute Gasteiger partial charge is 0.465 e. The Morgan fingerprint density at radius 2 is 1.96 bits per heavy atom. The van der Waals surface area contributed by atoms with E-state index in [0.29, 0.717) is 6.54 Å². The molecule has 5 heteroatoms. The topological polar surface area (TPSA) is 66.9 Å². The van der Waals surface area contributed by atoms with Crippen molar-refractivity contribution in [1.82, 2.24) is 0 Å². The minimum absolute atomic E-state index is 0.269. The van der Waals surface area contributed by atoms with Crippen LogP contribution in [0.1, 0.15) is 37.3 Å². The van der Waals surface area contributed by atoms with Crippen LogP contribution >= 0.6 is 0 Å². The van der Waals surface area contributed by atoms with Crippen molar-refractivity contribution < 1.29 is 14.4 Å². The number of quaternary nitrogens is 1. The van der Waals surface area contributed by atoms with Crippen LogP contribution in [0.5, 0.6) is 0 Å². The Hall–Kier alpha value is -2.19. The number of aliphatic imine (C=N–C) groups is 1. The molecule has 1 aromatic carbocycles. The predicted molar refractivity (Wildman–Crippen MR) is 92.6 cm³/mol. The van der Waals surface area contributed by atoms with Gasteiger partial charge in [0.2, 0.25) is 0 Å². The van der Waals surface area contributed by atoms with Gasteiger partial charge in [0.1, 0.15) is 6.54 Å². The van der Waals surface area contributed by atoms with Crippen molar-refractivity contribution >= 4 is 12.2 Å². The zero-order valence-corrected chi connectivity index (χ0v) is 14.3. The summed E-state index contributed by atoms with van der Waals surface area (Å²) in [5.74, 6) is -1.46. The number of ether oxygens (including phenoxy) is 1. The molecule has 24 heavy (non-hydrogen) atoms. The molecule has 2 rings (SSSR count). The Morgan fingerprint density at radius 3 is 2.58 bits per heavy atom. The van der Waals surface area contributed by atoms with Gasteiger partial charge in [0.05, 0.1) is 32.3 Å². The lowest BCUT2D eigenvalue weighted by Crippen LogP contribution is -3.11. The number of nitrogens with one attached hydrogen (secondary N) is 1. The molecule has 1 N–H and O–H groups in total. The summed E-state index contributed by atoms with van der Waals surface area (Å²) >= 11 is 0. The van der Waals surface area contributed by atoms with Crippen molar-refractivity contribution in [1.29, 1.82) is 5.26 Å². The SMILES string of the molecule is CCOC(=O)[C@H](C#N)C=NCc1ccc(C[NH+]2CCCCC2)cc1. The average Bonchev–Trinajstić information content (AvgIpc) is 2.61. The van der Waals surface area contributed by atoms with Gasteiger partial charge < -0.3 is 9.64 Å². The number of nitrogens with zero attached hydrogens (tertiary/aromatic N) is 2. The first-order valence-corrected chi connectivity index (χ1v) is 8.70. The van der Waals surface area contributed by atoms with Gasteiger partial charge in [-0.05, 0) is 31.7 Å². The number of likely N-dealkylation sites (tertiary alicyclic amines) is 1. The number of esters is 1. The van der Waals surface area contributed by atoms with Gasteiger partial charge in [-0.1, -0.05) is 24.3 Å². The zero-order chi connectivity index (χ0) is 17.2.